The quantitative estimate of drug-likeness (QED) is 0.870. The highest BCUT2D eigenvalue weighted by molar-refractivity contribution is 7.89. The Hall–Kier alpha value is -1.71. The first kappa shape index (κ1) is 15.2. The normalized spacial score (nSPS) is 17.4. The maximum absolute atomic E-state index is 12.6. The van der Waals surface area contributed by atoms with E-state index in [0.29, 0.717) is 25.2 Å². The summed E-state index contributed by atoms with van der Waals surface area (Å²) in [5.74, 6) is 0. The fourth-order valence-corrected chi connectivity index (χ4v) is 3.86. The fourth-order valence-electron chi connectivity index (χ4n) is 2.50. The van der Waals surface area contributed by atoms with Gasteiger partial charge in [0.2, 0.25) is 0 Å². The Morgan fingerprint density at radius 2 is 2.18 bits per heavy atom. The van der Waals surface area contributed by atoms with Gasteiger partial charge in [0.05, 0.1) is 36.9 Å². The molecule has 3 heterocycles. The van der Waals surface area contributed by atoms with Crippen LogP contribution in [-0.4, -0.2) is 43.7 Å². The van der Waals surface area contributed by atoms with Crippen molar-refractivity contribution in [2.24, 2.45) is 7.05 Å². The standard InChI is InChI=1S/C13H19N5O3S/c1-3-12(19)11-6-10-7-17(4-5-18(10)15-11)22(20,21)13-8-16(2)9-14-13/h6,8-9,12,19H,3-5,7H2,1-2H3/t12-/m0/s1. The van der Waals surface area contributed by atoms with Crippen LogP contribution in [0.1, 0.15) is 30.8 Å². The Balaban J connectivity index is 1.86. The minimum atomic E-state index is -3.60. The van der Waals surface area contributed by atoms with E-state index in [0.717, 1.165) is 5.69 Å². The van der Waals surface area contributed by atoms with Crippen LogP contribution in [0.15, 0.2) is 23.6 Å². The number of aryl methyl sites for hydroxylation is 1. The van der Waals surface area contributed by atoms with Crippen LogP contribution in [0.3, 0.4) is 0 Å². The van der Waals surface area contributed by atoms with Crippen LogP contribution in [0.2, 0.25) is 0 Å². The third-order valence-corrected chi connectivity index (χ3v) is 5.53. The molecule has 8 nitrogen and oxygen atoms in total. The van der Waals surface area contributed by atoms with E-state index in [1.165, 1.54) is 16.8 Å². The van der Waals surface area contributed by atoms with Gasteiger partial charge in [0.25, 0.3) is 10.0 Å². The Bertz CT molecular complexity index is 779. The SMILES string of the molecule is CC[C@H](O)c1cc2n(n1)CCN(S(=O)(=O)c1cn(C)cn1)C2. The van der Waals surface area contributed by atoms with E-state index in [2.05, 4.69) is 10.1 Å². The smallest absolute Gasteiger partial charge is 0.262 e. The first-order chi connectivity index (χ1) is 10.4. The predicted octanol–water partition coefficient (Wildman–Crippen LogP) is 0.264. The molecule has 0 saturated heterocycles. The number of rotatable bonds is 4. The van der Waals surface area contributed by atoms with Crippen LogP contribution < -0.4 is 0 Å². The molecule has 9 heteroatoms. The molecule has 0 spiro atoms. The van der Waals surface area contributed by atoms with Crippen molar-refractivity contribution in [2.45, 2.75) is 37.6 Å². The van der Waals surface area contributed by atoms with Crippen molar-refractivity contribution in [1.82, 2.24) is 23.6 Å². The van der Waals surface area contributed by atoms with E-state index >= 15 is 0 Å². The molecule has 0 aliphatic carbocycles. The summed E-state index contributed by atoms with van der Waals surface area (Å²) in [6.45, 7) is 2.93. The van der Waals surface area contributed by atoms with Crippen molar-refractivity contribution in [3.63, 3.8) is 0 Å². The number of hydrogen-bond donors (Lipinski definition) is 1. The third-order valence-electron chi connectivity index (χ3n) is 3.80. The summed E-state index contributed by atoms with van der Waals surface area (Å²) < 4.78 is 29.9. The highest BCUT2D eigenvalue weighted by atomic mass is 32.2. The first-order valence-electron chi connectivity index (χ1n) is 7.14. The van der Waals surface area contributed by atoms with Gasteiger partial charge in [0.15, 0.2) is 5.03 Å². The number of imidazole rings is 1. The molecule has 0 aromatic carbocycles. The zero-order chi connectivity index (χ0) is 15.9. The molecule has 1 N–H and O–H groups in total. The number of aliphatic hydroxyl groups excluding tert-OH is 1. The zero-order valence-corrected chi connectivity index (χ0v) is 13.4. The van der Waals surface area contributed by atoms with Crippen molar-refractivity contribution in [3.05, 3.63) is 30.0 Å². The van der Waals surface area contributed by atoms with E-state index in [4.69, 9.17) is 0 Å². The lowest BCUT2D eigenvalue weighted by Gasteiger charge is -2.25. The van der Waals surface area contributed by atoms with Gasteiger partial charge in [0.1, 0.15) is 0 Å². The maximum atomic E-state index is 12.6. The predicted molar refractivity (Wildman–Crippen MR) is 78.3 cm³/mol. The van der Waals surface area contributed by atoms with Crippen LogP contribution in [0.25, 0.3) is 0 Å². The topological polar surface area (TPSA) is 93.3 Å². The molecule has 0 radical (unpaired) electrons. The second kappa shape index (κ2) is 5.49. The van der Waals surface area contributed by atoms with Crippen LogP contribution in [0.4, 0.5) is 0 Å². The van der Waals surface area contributed by atoms with E-state index in [1.54, 1.807) is 22.4 Å². The summed E-state index contributed by atoms with van der Waals surface area (Å²) in [5.41, 5.74) is 1.38. The van der Waals surface area contributed by atoms with Crippen LogP contribution in [0.5, 0.6) is 0 Å². The first-order valence-corrected chi connectivity index (χ1v) is 8.58. The molecular formula is C13H19N5O3S. The molecule has 2 aromatic heterocycles. The molecule has 0 unspecified atom stereocenters. The van der Waals surface area contributed by atoms with E-state index < -0.39 is 16.1 Å². The zero-order valence-electron chi connectivity index (χ0n) is 12.5. The molecule has 120 valence electrons. The Morgan fingerprint density at radius 3 is 2.82 bits per heavy atom. The van der Waals surface area contributed by atoms with Gasteiger partial charge in [-0.3, -0.25) is 4.68 Å². The van der Waals surface area contributed by atoms with Crippen molar-refractivity contribution >= 4 is 10.0 Å². The van der Waals surface area contributed by atoms with E-state index in [-0.39, 0.29) is 11.6 Å². The van der Waals surface area contributed by atoms with Crippen LogP contribution in [0, 0.1) is 0 Å². The minimum absolute atomic E-state index is 0.0526. The average Bonchev–Trinajstić information content (AvgIpc) is 3.11. The molecule has 1 atom stereocenters. The van der Waals surface area contributed by atoms with Gasteiger partial charge in [-0.25, -0.2) is 13.4 Å². The summed E-state index contributed by atoms with van der Waals surface area (Å²) in [7, 11) is -1.87. The highest BCUT2D eigenvalue weighted by Gasteiger charge is 2.31. The molecule has 0 bridgehead atoms. The summed E-state index contributed by atoms with van der Waals surface area (Å²) in [4.78, 5) is 3.94. The van der Waals surface area contributed by atoms with Gasteiger partial charge in [-0.1, -0.05) is 6.92 Å². The van der Waals surface area contributed by atoms with Crippen molar-refractivity contribution < 1.29 is 13.5 Å². The molecule has 1 aliphatic rings. The third kappa shape index (κ3) is 2.55. The number of aromatic nitrogens is 4. The fraction of sp³-hybridized carbons (Fsp3) is 0.538. The van der Waals surface area contributed by atoms with Crippen molar-refractivity contribution in [3.8, 4) is 0 Å². The summed E-state index contributed by atoms with van der Waals surface area (Å²) in [6.07, 6.45) is 2.93. The second-order valence-corrected chi connectivity index (χ2v) is 7.31. The van der Waals surface area contributed by atoms with E-state index in [1.807, 2.05) is 6.92 Å². The average molecular weight is 325 g/mol. The van der Waals surface area contributed by atoms with Crippen LogP contribution >= 0.6 is 0 Å². The summed E-state index contributed by atoms with van der Waals surface area (Å²) in [6, 6.07) is 1.77. The van der Waals surface area contributed by atoms with Crippen molar-refractivity contribution in [2.75, 3.05) is 6.54 Å². The van der Waals surface area contributed by atoms with Crippen LogP contribution in [-0.2, 0) is 30.2 Å². The van der Waals surface area contributed by atoms with Gasteiger partial charge >= 0.3 is 0 Å². The van der Waals surface area contributed by atoms with Gasteiger partial charge < -0.3 is 9.67 Å². The van der Waals surface area contributed by atoms with Gasteiger partial charge in [0, 0.05) is 19.8 Å². The summed E-state index contributed by atoms with van der Waals surface area (Å²) in [5, 5.41) is 14.3. The van der Waals surface area contributed by atoms with E-state index in [9.17, 15) is 13.5 Å². The molecular weight excluding hydrogens is 306 g/mol. The molecule has 0 amide bonds. The van der Waals surface area contributed by atoms with Crippen molar-refractivity contribution in [1.29, 1.82) is 0 Å². The van der Waals surface area contributed by atoms with Gasteiger partial charge in [-0.15, -0.1) is 0 Å². The monoisotopic (exact) mass is 325 g/mol. The largest absolute Gasteiger partial charge is 0.387 e. The summed E-state index contributed by atoms with van der Waals surface area (Å²) >= 11 is 0. The Labute approximate surface area is 129 Å². The second-order valence-electron chi connectivity index (χ2n) is 5.42. The highest BCUT2D eigenvalue weighted by Crippen LogP contribution is 2.23. The lowest BCUT2D eigenvalue weighted by molar-refractivity contribution is 0.167. The van der Waals surface area contributed by atoms with Gasteiger partial charge in [-0.05, 0) is 12.5 Å². The maximum Gasteiger partial charge on any atom is 0.262 e. The number of sulfonamides is 1. The molecule has 2 aromatic rings. The molecule has 22 heavy (non-hydrogen) atoms. The van der Waals surface area contributed by atoms with Gasteiger partial charge in [-0.2, -0.15) is 9.40 Å². The number of hydrogen-bond acceptors (Lipinski definition) is 5. The molecule has 0 fully saturated rings. The number of aliphatic hydroxyl groups is 1. The minimum Gasteiger partial charge on any atom is -0.387 e. The lowest BCUT2D eigenvalue weighted by atomic mass is 10.2. The molecule has 1 aliphatic heterocycles. The number of fused-ring (bicyclic) bond motifs is 1. The Kier molecular flexibility index (Phi) is 3.79. The Morgan fingerprint density at radius 1 is 1.41 bits per heavy atom. The lowest BCUT2D eigenvalue weighted by Crippen LogP contribution is -2.38. The molecule has 0 saturated carbocycles. The molecule has 3 rings (SSSR count). The number of nitrogens with zero attached hydrogens (tertiary/aromatic N) is 5.